The molecule has 0 amide bonds. The Morgan fingerprint density at radius 2 is 2.21 bits per heavy atom. The second kappa shape index (κ2) is 3.67. The Bertz CT molecular complexity index is 447. The number of hydrogen-bond acceptors (Lipinski definition) is 3. The molecule has 0 bridgehead atoms. The van der Waals surface area contributed by atoms with Crippen molar-refractivity contribution in [1.82, 2.24) is 4.98 Å². The largest absolute Gasteiger partial charge is 0.389 e. The van der Waals surface area contributed by atoms with Crippen molar-refractivity contribution in [3.05, 3.63) is 28.8 Å². The summed E-state index contributed by atoms with van der Waals surface area (Å²) in [6.45, 7) is 4.39. The topological polar surface area (TPSA) is 33.1 Å². The Balaban J connectivity index is 2.54. The van der Waals surface area contributed by atoms with Gasteiger partial charge in [-0.05, 0) is 23.6 Å². The lowest BCUT2D eigenvalue weighted by Crippen LogP contribution is -1.85. The first-order chi connectivity index (χ1) is 6.70. The van der Waals surface area contributed by atoms with E-state index in [1.165, 1.54) is 10.3 Å². The number of rotatable bonds is 2. The molecule has 0 aliphatic heterocycles. The van der Waals surface area contributed by atoms with E-state index >= 15 is 0 Å². The number of benzene rings is 1. The van der Waals surface area contributed by atoms with Crippen molar-refractivity contribution in [2.75, 3.05) is 0 Å². The molecule has 0 saturated carbocycles. The highest BCUT2D eigenvalue weighted by molar-refractivity contribution is 7.18. The third kappa shape index (κ3) is 1.65. The van der Waals surface area contributed by atoms with Gasteiger partial charge in [-0.25, -0.2) is 4.98 Å². The van der Waals surface area contributed by atoms with Crippen molar-refractivity contribution in [2.45, 2.75) is 26.4 Å². The number of aromatic nitrogens is 1. The molecule has 1 aromatic carbocycles. The van der Waals surface area contributed by atoms with Crippen molar-refractivity contribution < 1.29 is 5.11 Å². The van der Waals surface area contributed by atoms with E-state index in [-0.39, 0.29) is 6.61 Å². The molecule has 0 radical (unpaired) electrons. The molecule has 1 heterocycles. The van der Waals surface area contributed by atoms with Gasteiger partial charge in [-0.1, -0.05) is 19.9 Å². The monoisotopic (exact) mass is 207 g/mol. The van der Waals surface area contributed by atoms with Crippen LogP contribution < -0.4 is 0 Å². The average molecular weight is 207 g/mol. The van der Waals surface area contributed by atoms with Crippen LogP contribution in [-0.2, 0) is 6.61 Å². The van der Waals surface area contributed by atoms with Crippen molar-refractivity contribution in [1.29, 1.82) is 0 Å². The first-order valence-electron chi connectivity index (χ1n) is 4.71. The molecular weight excluding hydrogens is 194 g/mol. The molecule has 0 aliphatic carbocycles. The van der Waals surface area contributed by atoms with Crippen LogP contribution >= 0.6 is 11.3 Å². The zero-order valence-electron chi connectivity index (χ0n) is 8.32. The van der Waals surface area contributed by atoms with Gasteiger partial charge in [0.15, 0.2) is 0 Å². The summed E-state index contributed by atoms with van der Waals surface area (Å²) in [4.78, 5) is 4.30. The number of aliphatic hydroxyl groups is 1. The van der Waals surface area contributed by atoms with Gasteiger partial charge in [0.1, 0.15) is 5.01 Å². The SMILES string of the molecule is CC(C)c1ccc2nc(CO)sc2c1. The summed E-state index contributed by atoms with van der Waals surface area (Å²) in [6, 6.07) is 6.30. The van der Waals surface area contributed by atoms with E-state index in [9.17, 15) is 0 Å². The number of aliphatic hydroxyl groups excluding tert-OH is 1. The Morgan fingerprint density at radius 3 is 2.86 bits per heavy atom. The molecule has 0 spiro atoms. The molecule has 2 nitrogen and oxygen atoms in total. The lowest BCUT2D eigenvalue weighted by molar-refractivity contribution is 0.281. The van der Waals surface area contributed by atoms with Gasteiger partial charge in [0.2, 0.25) is 0 Å². The van der Waals surface area contributed by atoms with Crippen molar-refractivity contribution in [3.63, 3.8) is 0 Å². The first kappa shape index (κ1) is 9.62. The predicted molar refractivity (Wildman–Crippen MR) is 59.6 cm³/mol. The van der Waals surface area contributed by atoms with Crippen LogP contribution in [0.2, 0.25) is 0 Å². The summed E-state index contributed by atoms with van der Waals surface area (Å²) in [6.07, 6.45) is 0. The Morgan fingerprint density at radius 1 is 1.43 bits per heavy atom. The number of fused-ring (bicyclic) bond motifs is 1. The summed E-state index contributed by atoms with van der Waals surface area (Å²) in [7, 11) is 0. The lowest BCUT2D eigenvalue weighted by Gasteiger charge is -2.03. The summed E-state index contributed by atoms with van der Waals surface area (Å²) in [5.41, 5.74) is 2.31. The van der Waals surface area contributed by atoms with E-state index in [0.717, 1.165) is 10.5 Å². The van der Waals surface area contributed by atoms with Crippen LogP contribution in [0.5, 0.6) is 0 Å². The third-order valence-electron chi connectivity index (χ3n) is 2.26. The second-order valence-electron chi connectivity index (χ2n) is 3.65. The van der Waals surface area contributed by atoms with Gasteiger partial charge in [-0.3, -0.25) is 0 Å². The number of thiazole rings is 1. The fraction of sp³-hybridized carbons (Fsp3) is 0.364. The second-order valence-corrected chi connectivity index (χ2v) is 4.76. The summed E-state index contributed by atoms with van der Waals surface area (Å²) >= 11 is 1.57. The average Bonchev–Trinajstić information content (AvgIpc) is 2.58. The molecule has 0 unspecified atom stereocenters. The molecule has 1 N–H and O–H groups in total. The third-order valence-corrected chi connectivity index (χ3v) is 3.26. The Labute approximate surface area is 87.2 Å². The quantitative estimate of drug-likeness (QED) is 0.821. The number of hydrogen-bond donors (Lipinski definition) is 1. The molecule has 1 aromatic heterocycles. The Hall–Kier alpha value is -0.930. The fourth-order valence-electron chi connectivity index (χ4n) is 1.42. The maximum atomic E-state index is 8.97. The minimum Gasteiger partial charge on any atom is -0.389 e. The molecule has 74 valence electrons. The normalized spacial score (nSPS) is 11.4. The zero-order valence-corrected chi connectivity index (χ0v) is 9.14. The van der Waals surface area contributed by atoms with Crippen molar-refractivity contribution in [3.8, 4) is 0 Å². The van der Waals surface area contributed by atoms with Crippen LogP contribution in [0.4, 0.5) is 0 Å². The summed E-state index contributed by atoms with van der Waals surface area (Å²) in [5.74, 6) is 0.541. The number of nitrogens with zero attached hydrogens (tertiary/aromatic N) is 1. The van der Waals surface area contributed by atoms with E-state index in [1.54, 1.807) is 11.3 Å². The molecule has 2 aromatic rings. The zero-order chi connectivity index (χ0) is 10.1. The molecule has 0 fully saturated rings. The highest BCUT2D eigenvalue weighted by Gasteiger charge is 2.05. The molecular formula is C11H13NOS. The highest BCUT2D eigenvalue weighted by atomic mass is 32.1. The van der Waals surface area contributed by atoms with Crippen LogP contribution in [0.15, 0.2) is 18.2 Å². The van der Waals surface area contributed by atoms with E-state index in [0.29, 0.717) is 5.92 Å². The van der Waals surface area contributed by atoms with Crippen LogP contribution in [0.3, 0.4) is 0 Å². The lowest BCUT2D eigenvalue weighted by atomic mass is 10.0. The van der Waals surface area contributed by atoms with E-state index in [4.69, 9.17) is 5.11 Å². The molecule has 0 aliphatic rings. The summed E-state index contributed by atoms with van der Waals surface area (Å²) < 4.78 is 1.17. The van der Waals surface area contributed by atoms with Gasteiger partial charge >= 0.3 is 0 Å². The van der Waals surface area contributed by atoms with Gasteiger partial charge in [-0.2, -0.15) is 0 Å². The molecule has 14 heavy (non-hydrogen) atoms. The van der Waals surface area contributed by atoms with E-state index in [1.807, 2.05) is 6.07 Å². The van der Waals surface area contributed by atoms with Crippen LogP contribution in [-0.4, -0.2) is 10.1 Å². The van der Waals surface area contributed by atoms with Crippen LogP contribution in [0, 0.1) is 0 Å². The Kier molecular flexibility index (Phi) is 2.52. The molecule has 0 atom stereocenters. The van der Waals surface area contributed by atoms with Crippen molar-refractivity contribution >= 4 is 21.6 Å². The minimum absolute atomic E-state index is 0.0381. The molecule has 2 rings (SSSR count). The van der Waals surface area contributed by atoms with Gasteiger partial charge in [-0.15, -0.1) is 11.3 Å². The fourth-order valence-corrected chi connectivity index (χ4v) is 2.29. The van der Waals surface area contributed by atoms with Crippen molar-refractivity contribution in [2.24, 2.45) is 0 Å². The van der Waals surface area contributed by atoms with E-state index in [2.05, 4.69) is 31.0 Å². The smallest absolute Gasteiger partial charge is 0.119 e. The van der Waals surface area contributed by atoms with Gasteiger partial charge in [0.05, 0.1) is 16.8 Å². The minimum atomic E-state index is 0.0381. The predicted octanol–water partition coefficient (Wildman–Crippen LogP) is 2.91. The highest BCUT2D eigenvalue weighted by Crippen LogP contribution is 2.26. The van der Waals surface area contributed by atoms with Gasteiger partial charge in [0, 0.05) is 0 Å². The van der Waals surface area contributed by atoms with Gasteiger partial charge < -0.3 is 5.11 Å². The molecule has 0 saturated heterocycles. The molecule has 3 heteroatoms. The first-order valence-corrected chi connectivity index (χ1v) is 5.52. The maximum Gasteiger partial charge on any atom is 0.119 e. The van der Waals surface area contributed by atoms with Gasteiger partial charge in [0.25, 0.3) is 0 Å². The summed E-state index contributed by atoms with van der Waals surface area (Å²) in [5, 5.41) is 9.76. The maximum absolute atomic E-state index is 8.97. The standard InChI is InChI=1S/C11H13NOS/c1-7(2)8-3-4-9-10(5-8)14-11(6-13)12-9/h3-5,7,13H,6H2,1-2H3. The van der Waals surface area contributed by atoms with E-state index < -0.39 is 0 Å². The van der Waals surface area contributed by atoms with Crippen LogP contribution in [0.25, 0.3) is 10.2 Å². The van der Waals surface area contributed by atoms with Crippen LogP contribution in [0.1, 0.15) is 30.3 Å².